The minimum Gasteiger partial charge on any atom is -0.388 e. The monoisotopic (exact) mass is 224 g/mol. The van der Waals surface area contributed by atoms with Crippen LogP contribution in [0.15, 0.2) is 0 Å². The van der Waals surface area contributed by atoms with Crippen LogP contribution < -0.4 is 5.73 Å². The molecule has 1 saturated carbocycles. The van der Waals surface area contributed by atoms with Gasteiger partial charge in [-0.1, -0.05) is 0 Å². The summed E-state index contributed by atoms with van der Waals surface area (Å²) in [7, 11) is 2.20. The van der Waals surface area contributed by atoms with Crippen molar-refractivity contribution in [1.82, 2.24) is 9.80 Å². The Morgan fingerprint density at radius 2 is 2.12 bits per heavy atom. The highest BCUT2D eigenvalue weighted by Gasteiger charge is 2.44. The average Bonchev–Trinajstić information content (AvgIpc) is 2.90. The van der Waals surface area contributed by atoms with Crippen molar-refractivity contribution in [3.63, 3.8) is 0 Å². The number of hydrogen-bond donors (Lipinski definition) is 2. The molecule has 4 nitrogen and oxygen atoms in total. The molecule has 0 aromatic rings. The normalized spacial score (nSPS) is 30.2. The van der Waals surface area contributed by atoms with Crippen molar-refractivity contribution in [3.05, 3.63) is 0 Å². The van der Waals surface area contributed by atoms with Gasteiger partial charge < -0.3 is 10.6 Å². The molecule has 0 spiro atoms. The van der Waals surface area contributed by atoms with Crippen molar-refractivity contribution < 1.29 is 0 Å². The van der Waals surface area contributed by atoms with Gasteiger partial charge in [0.2, 0.25) is 0 Å². The molecule has 0 bridgehead atoms. The van der Waals surface area contributed by atoms with E-state index in [-0.39, 0.29) is 0 Å². The van der Waals surface area contributed by atoms with Gasteiger partial charge in [0.15, 0.2) is 0 Å². The van der Waals surface area contributed by atoms with Crippen molar-refractivity contribution in [2.45, 2.75) is 32.2 Å². The first-order valence-corrected chi connectivity index (χ1v) is 6.26. The highest BCUT2D eigenvalue weighted by atomic mass is 15.3. The highest BCUT2D eigenvalue weighted by molar-refractivity contribution is 5.78. The molecule has 2 aliphatic rings. The maximum absolute atomic E-state index is 7.43. The maximum Gasteiger partial charge on any atom is 0.0911 e. The summed E-state index contributed by atoms with van der Waals surface area (Å²) in [5, 5.41) is 7.43. The number of likely N-dealkylation sites (N-methyl/N-ethyl adjacent to an activating group) is 1. The minimum absolute atomic E-state index is 0.361. The first-order valence-electron chi connectivity index (χ1n) is 6.26. The van der Waals surface area contributed by atoms with Crippen molar-refractivity contribution in [2.75, 3.05) is 33.2 Å². The Kier molecular flexibility index (Phi) is 3.22. The Morgan fingerprint density at radius 1 is 1.44 bits per heavy atom. The van der Waals surface area contributed by atoms with Crippen LogP contribution in [0.5, 0.6) is 0 Å². The molecule has 1 heterocycles. The second-order valence-corrected chi connectivity index (χ2v) is 5.77. The second kappa shape index (κ2) is 4.34. The molecule has 1 unspecified atom stereocenters. The van der Waals surface area contributed by atoms with Crippen molar-refractivity contribution >= 4 is 5.84 Å². The van der Waals surface area contributed by atoms with Gasteiger partial charge in [-0.3, -0.25) is 10.3 Å². The van der Waals surface area contributed by atoms with Gasteiger partial charge in [-0.25, -0.2) is 0 Å². The number of nitrogens with zero attached hydrogens (tertiary/aromatic N) is 2. The number of amidine groups is 1. The zero-order chi connectivity index (χ0) is 11.8. The van der Waals surface area contributed by atoms with Crippen LogP contribution in [0.2, 0.25) is 0 Å². The lowest BCUT2D eigenvalue weighted by Gasteiger charge is -2.39. The third-order valence-corrected chi connectivity index (χ3v) is 4.13. The summed E-state index contributed by atoms with van der Waals surface area (Å²) >= 11 is 0. The lowest BCUT2D eigenvalue weighted by atomic mass is 10.00. The number of hydrogen-bond acceptors (Lipinski definition) is 3. The summed E-state index contributed by atoms with van der Waals surface area (Å²) in [6, 6.07) is 0.655. The molecule has 0 aromatic heterocycles. The molecule has 0 amide bonds. The van der Waals surface area contributed by atoms with Crippen LogP contribution >= 0.6 is 0 Å². The topological polar surface area (TPSA) is 56.4 Å². The van der Waals surface area contributed by atoms with Crippen LogP contribution in [0.3, 0.4) is 0 Å². The molecule has 1 saturated heterocycles. The lowest BCUT2D eigenvalue weighted by molar-refractivity contribution is 0.0892. The highest BCUT2D eigenvalue weighted by Crippen LogP contribution is 2.49. The van der Waals surface area contributed by atoms with E-state index in [1.54, 1.807) is 0 Å². The molecule has 16 heavy (non-hydrogen) atoms. The van der Waals surface area contributed by atoms with Crippen molar-refractivity contribution in [3.8, 4) is 0 Å². The molecule has 1 aliphatic heterocycles. The Balaban J connectivity index is 1.84. The van der Waals surface area contributed by atoms with E-state index in [9.17, 15) is 0 Å². The zero-order valence-corrected chi connectivity index (χ0v) is 10.5. The van der Waals surface area contributed by atoms with Gasteiger partial charge >= 0.3 is 0 Å². The van der Waals surface area contributed by atoms with Crippen LogP contribution in [0, 0.1) is 10.8 Å². The second-order valence-electron chi connectivity index (χ2n) is 5.77. The first kappa shape index (κ1) is 11.9. The summed E-state index contributed by atoms with van der Waals surface area (Å²) in [5.74, 6) is 0.361. The Morgan fingerprint density at radius 3 is 2.62 bits per heavy atom. The van der Waals surface area contributed by atoms with Gasteiger partial charge in [0, 0.05) is 38.6 Å². The van der Waals surface area contributed by atoms with E-state index < -0.39 is 0 Å². The van der Waals surface area contributed by atoms with E-state index in [0.29, 0.717) is 17.3 Å². The fraction of sp³-hybridized carbons (Fsp3) is 0.917. The third kappa shape index (κ3) is 2.74. The molecular formula is C12H24N4. The van der Waals surface area contributed by atoms with E-state index in [1.165, 1.54) is 19.4 Å². The van der Waals surface area contributed by atoms with E-state index >= 15 is 0 Å². The fourth-order valence-corrected chi connectivity index (χ4v) is 2.71. The Labute approximate surface area is 98.3 Å². The number of nitrogens with two attached hydrogens (primary N) is 1. The zero-order valence-electron chi connectivity index (χ0n) is 10.5. The van der Waals surface area contributed by atoms with Gasteiger partial charge in [0.25, 0.3) is 0 Å². The first-order chi connectivity index (χ1) is 7.51. The lowest BCUT2D eigenvalue weighted by Crippen LogP contribution is -2.51. The predicted octanol–water partition coefficient (Wildman–Crippen LogP) is 0.729. The molecule has 0 radical (unpaired) electrons. The average molecular weight is 224 g/mol. The molecule has 1 atom stereocenters. The summed E-state index contributed by atoms with van der Waals surface area (Å²) in [4.78, 5) is 4.97. The number of piperazine rings is 1. The molecule has 4 heteroatoms. The van der Waals surface area contributed by atoms with Crippen molar-refractivity contribution in [1.29, 1.82) is 5.41 Å². The molecule has 2 fully saturated rings. The minimum atomic E-state index is 0.361. The quantitative estimate of drug-likeness (QED) is 0.547. The van der Waals surface area contributed by atoms with Gasteiger partial charge in [-0.2, -0.15) is 0 Å². The van der Waals surface area contributed by atoms with Crippen LogP contribution in [0.25, 0.3) is 0 Å². The number of rotatable bonds is 4. The third-order valence-electron chi connectivity index (χ3n) is 4.13. The fourth-order valence-electron chi connectivity index (χ4n) is 2.71. The summed E-state index contributed by atoms with van der Waals surface area (Å²) in [6.07, 6.45) is 3.31. The standard InChI is InChI=1S/C12H24N4/c1-10-8-16(6-5-15(10)2)9-12(3-4-12)7-11(13)14/h10H,3-9H2,1-2H3,(H3,13,14). The van der Waals surface area contributed by atoms with Crippen LogP contribution in [-0.4, -0.2) is 54.9 Å². The van der Waals surface area contributed by atoms with Gasteiger partial charge in [0.1, 0.15) is 0 Å². The van der Waals surface area contributed by atoms with E-state index in [0.717, 1.165) is 26.1 Å². The van der Waals surface area contributed by atoms with E-state index in [1.807, 2.05) is 0 Å². The molecule has 92 valence electrons. The van der Waals surface area contributed by atoms with Crippen LogP contribution in [0.1, 0.15) is 26.2 Å². The van der Waals surface area contributed by atoms with Crippen molar-refractivity contribution in [2.24, 2.45) is 11.1 Å². The summed E-state index contributed by atoms with van der Waals surface area (Å²) < 4.78 is 0. The molecule has 3 N–H and O–H groups in total. The molecule has 1 aliphatic carbocycles. The van der Waals surface area contributed by atoms with Gasteiger partial charge in [-0.15, -0.1) is 0 Å². The Bertz CT molecular complexity index is 272. The molecular weight excluding hydrogens is 200 g/mol. The maximum atomic E-state index is 7.43. The Hall–Kier alpha value is -0.610. The summed E-state index contributed by atoms with van der Waals surface area (Å²) in [6.45, 7) is 6.93. The van der Waals surface area contributed by atoms with E-state index in [4.69, 9.17) is 11.1 Å². The summed E-state index contributed by atoms with van der Waals surface area (Å²) in [5.41, 5.74) is 5.89. The molecule has 2 rings (SSSR count). The van der Waals surface area contributed by atoms with Gasteiger partial charge in [-0.05, 0) is 32.2 Å². The van der Waals surface area contributed by atoms with E-state index in [2.05, 4.69) is 23.8 Å². The predicted molar refractivity (Wildman–Crippen MR) is 66.7 cm³/mol. The largest absolute Gasteiger partial charge is 0.388 e. The van der Waals surface area contributed by atoms with Crippen LogP contribution in [0.4, 0.5) is 0 Å². The van der Waals surface area contributed by atoms with Crippen LogP contribution in [-0.2, 0) is 0 Å². The smallest absolute Gasteiger partial charge is 0.0911 e. The SMILES string of the molecule is CC1CN(CC2(CC(=N)N)CC2)CCN1C. The van der Waals surface area contributed by atoms with Gasteiger partial charge in [0.05, 0.1) is 5.84 Å². The number of nitrogens with one attached hydrogen (secondary N) is 1. The molecule has 0 aromatic carbocycles.